The van der Waals surface area contributed by atoms with Gasteiger partial charge >= 0.3 is 0 Å². The van der Waals surface area contributed by atoms with Crippen molar-refractivity contribution in [2.75, 3.05) is 0 Å². The molecule has 5 heteroatoms. The summed E-state index contributed by atoms with van der Waals surface area (Å²) in [5, 5.41) is 7.16. The smallest absolute Gasteiger partial charge is 0.199 e. The molecule has 1 N–H and O–H groups in total. The number of rotatable bonds is 2. The van der Waals surface area contributed by atoms with E-state index >= 15 is 0 Å². The molecule has 0 aliphatic carbocycles. The Morgan fingerprint density at radius 1 is 1.41 bits per heavy atom. The Morgan fingerprint density at radius 2 is 2.12 bits per heavy atom. The number of aromatic amines is 1. The Labute approximate surface area is 114 Å². The lowest BCUT2D eigenvalue weighted by molar-refractivity contribution is 0.742. The summed E-state index contributed by atoms with van der Waals surface area (Å²) in [7, 11) is 0. The lowest BCUT2D eigenvalue weighted by atomic mass is 10.1. The molecule has 0 aliphatic rings. The van der Waals surface area contributed by atoms with Crippen LogP contribution in [0.1, 0.15) is 31.2 Å². The number of hydrogen-bond acceptors (Lipinski definition) is 2. The lowest BCUT2D eigenvalue weighted by Crippen LogP contribution is -2.05. The second-order valence-corrected chi connectivity index (χ2v) is 5.61. The molecule has 0 atom stereocenters. The van der Waals surface area contributed by atoms with E-state index in [0.29, 0.717) is 10.7 Å². The van der Waals surface area contributed by atoms with Gasteiger partial charge in [-0.1, -0.05) is 35.8 Å². The predicted octanol–water partition coefficient (Wildman–Crippen LogP) is 4.12. The average Bonchev–Trinajstić information content (AvgIpc) is 2.64. The zero-order chi connectivity index (χ0) is 12.6. The molecule has 0 saturated carbocycles. The van der Waals surface area contributed by atoms with E-state index in [1.165, 1.54) is 5.56 Å². The van der Waals surface area contributed by atoms with Gasteiger partial charge in [0.15, 0.2) is 4.77 Å². The van der Waals surface area contributed by atoms with Crippen LogP contribution in [0.5, 0.6) is 0 Å². The molecule has 2 rings (SSSR count). The third-order valence-corrected chi connectivity index (χ3v) is 3.39. The highest BCUT2D eigenvalue weighted by Crippen LogP contribution is 2.23. The first-order valence-corrected chi connectivity index (χ1v) is 6.64. The highest BCUT2D eigenvalue weighted by Gasteiger charge is 2.13. The van der Waals surface area contributed by atoms with Crippen LogP contribution in [-0.2, 0) is 0 Å². The first kappa shape index (κ1) is 12.5. The topological polar surface area (TPSA) is 33.6 Å². The fourth-order valence-electron chi connectivity index (χ4n) is 1.75. The lowest BCUT2D eigenvalue weighted by Gasteiger charge is -2.12. The molecule has 17 heavy (non-hydrogen) atoms. The van der Waals surface area contributed by atoms with E-state index in [4.69, 9.17) is 12.2 Å². The minimum atomic E-state index is 0.321. The molecule has 0 aliphatic heterocycles. The Bertz CT molecular complexity index is 598. The van der Waals surface area contributed by atoms with E-state index in [0.717, 1.165) is 16.0 Å². The number of benzene rings is 1. The molecule has 90 valence electrons. The van der Waals surface area contributed by atoms with E-state index in [1.807, 2.05) is 10.6 Å². The summed E-state index contributed by atoms with van der Waals surface area (Å²) in [6.07, 6.45) is 0. The molecule has 2 aromatic rings. The predicted molar refractivity (Wildman–Crippen MR) is 75.3 cm³/mol. The normalized spacial score (nSPS) is 11.1. The maximum atomic E-state index is 5.31. The third-order valence-electron chi connectivity index (χ3n) is 2.63. The summed E-state index contributed by atoms with van der Waals surface area (Å²) in [6.45, 7) is 6.28. The number of halogens is 1. The van der Waals surface area contributed by atoms with E-state index < -0.39 is 0 Å². The van der Waals surface area contributed by atoms with Crippen LogP contribution in [0.3, 0.4) is 0 Å². The molecular weight excluding hydrogens is 298 g/mol. The summed E-state index contributed by atoms with van der Waals surface area (Å²) in [4.78, 5) is 0. The number of aryl methyl sites for hydroxylation is 1. The Morgan fingerprint density at radius 3 is 2.76 bits per heavy atom. The molecule has 0 unspecified atom stereocenters. The molecule has 0 spiro atoms. The molecule has 3 nitrogen and oxygen atoms in total. The molecule has 1 heterocycles. The Balaban J connectivity index is 2.72. The first-order chi connectivity index (χ1) is 8.00. The standard InChI is InChI=1S/C12H14BrN3S/c1-7(2)11-14-15-12(17)16(11)10-6-9(13)5-4-8(10)3/h4-7H,1-3H3,(H,15,17). The quantitative estimate of drug-likeness (QED) is 0.846. The molecule has 0 amide bonds. The van der Waals surface area contributed by atoms with Crippen LogP contribution in [-0.4, -0.2) is 14.8 Å². The zero-order valence-corrected chi connectivity index (χ0v) is 12.4. The van der Waals surface area contributed by atoms with E-state index in [1.54, 1.807) is 0 Å². The highest BCUT2D eigenvalue weighted by molar-refractivity contribution is 9.10. The van der Waals surface area contributed by atoms with Gasteiger partial charge in [-0.25, -0.2) is 0 Å². The van der Waals surface area contributed by atoms with Crippen LogP contribution in [0.25, 0.3) is 5.69 Å². The maximum Gasteiger partial charge on any atom is 0.199 e. The molecule has 0 saturated heterocycles. The maximum absolute atomic E-state index is 5.31. The van der Waals surface area contributed by atoms with Gasteiger partial charge in [-0.15, -0.1) is 0 Å². The van der Waals surface area contributed by atoms with Crippen molar-refractivity contribution in [1.82, 2.24) is 14.8 Å². The van der Waals surface area contributed by atoms with Crippen molar-refractivity contribution in [2.24, 2.45) is 0 Å². The minimum Gasteiger partial charge on any atom is -0.272 e. The number of hydrogen-bond donors (Lipinski definition) is 1. The fourth-order valence-corrected chi connectivity index (χ4v) is 2.34. The highest BCUT2D eigenvalue weighted by atomic mass is 79.9. The van der Waals surface area contributed by atoms with Crippen LogP contribution in [0.4, 0.5) is 0 Å². The summed E-state index contributed by atoms with van der Waals surface area (Å²) in [5.74, 6) is 1.28. The Kier molecular flexibility index (Phi) is 3.49. The van der Waals surface area contributed by atoms with Crippen molar-refractivity contribution in [3.05, 3.63) is 38.8 Å². The molecule has 1 aromatic heterocycles. The monoisotopic (exact) mass is 311 g/mol. The third kappa shape index (κ3) is 2.35. The van der Waals surface area contributed by atoms with E-state index in [9.17, 15) is 0 Å². The van der Waals surface area contributed by atoms with Gasteiger partial charge in [0.25, 0.3) is 0 Å². The number of nitrogens with zero attached hydrogens (tertiary/aromatic N) is 2. The Hall–Kier alpha value is -0.940. The van der Waals surface area contributed by atoms with Crippen molar-refractivity contribution >= 4 is 28.1 Å². The van der Waals surface area contributed by atoms with Gasteiger partial charge in [0.2, 0.25) is 0 Å². The second-order valence-electron chi connectivity index (χ2n) is 4.31. The summed E-state index contributed by atoms with van der Waals surface area (Å²) in [6, 6.07) is 6.16. The van der Waals surface area contributed by atoms with Gasteiger partial charge in [0.1, 0.15) is 5.82 Å². The molecule has 0 bridgehead atoms. The summed E-state index contributed by atoms with van der Waals surface area (Å²) in [5.41, 5.74) is 2.24. The minimum absolute atomic E-state index is 0.321. The van der Waals surface area contributed by atoms with Gasteiger partial charge in [0, 0.05) is 10.4 Å². The van der Waals surface area contributed by atoms with Crippen LogP contribution in [0, 0.1) is 11.7 Å². The molecule has 0 fully saturated rings. The number of aromatic nitrogens is 3. The van der Waals surface area contributed by atoms with Crippen LogP contribution in [0.15, 0.2) is 22.7 Å². The van der Waals surface area contributed by atoms with E-state index in [-0.39, 0.29) is 0 Å². The molecular formula is C12H14BrN3S. The molecule has 0 radical (unpaired) electrons. The van der Waals surface area contributed by atoms with Crippen molar-refractivity contribution in [3.8, 4) is 5.69 Å². The van der Waals surface area contributed by atoms with Crippen molar-refractivity contribution in [1.29, 1.82) is 0 Å². The van der Waals surface area contributed by atoms with Crippen molar-refractivity contribution < 1.29 is 0 Å². The zero-order valence-electron chi connectivity index (χ0n) is 9.99. The van der Waals surface area contributed by atoms with Gasteiger partial charge < -0.3 is 0 Å². The van der Waals surface area contributed by atoms with Gasteiger partial charge in [-0.3, -0.25) is 9.67 Å². The summed E-state index contributed by atoms with van der Waals surface area (Å²) < 4.78 is 3.67. The number of nitrogens with one attached hydrogen (secondary N) is 1. The average molecular weight is 312 g/mol. The number of H-pyrrole nitrogens is 1. The fraction of sp³-hybridized carbons (Fsp3) is 0.333. The van der Waals surface area contributed by atoms with Gasteiger partial charge in [-0.05, 0) is 36.8 Å². The van der Waals surface area contributed by atoms with E-state index in [2.05, 4.69) is 59.0 Å². The van der Waals surface area contributed by atoms with Gasteiger partial charge in [-0.2, -0.15) is 5.10 Å². The second kappa shape index (κ2) is 4.74. The van der Waals surface area contributed by atoms with Crippen molar-refractivity contribution in [3.63, 3.8) is 0 Å². The van der Waals surface area contributed by atoms with Crippen LogP contribution in [0.2, 0.25) is 0 Å². The summed E-state index contributed by atoms with van der Waals surface area (Å²) >= 11 is 8.80. The largest absolute Gasteiger partial charge is 0.272 e. The van der Waals surface area contributed by atoms with Crippen LogP contribution >= 0.6 is 28.1 Å². The van der Waals surface area contributed by atoms with Crippen LogP contribution < -0.4 is 0 Å². The van der Waals surface area contributed by atoms with Crippen molar-refractivity contribution in [2.45, 2.75) is 26.7 Å². The SMILES string of the molecule is Cc1ccc(Br)cc1-n1c(C(C)C)n[nH]c1=S. The first-order valence-electron chi connectivity index (χ1n) is 5.44. The van der Waals surface area contributed by atoms with Gasteiger partial charge in [0.05, 0.1) is 5.69 Å². The molecule has 1 aromatic carbocycles.